The van der Waals surface area contributed by atoms with E-state index in [2.05, 4.69) is 10.2 Å². The van der Waals surface area contributed by atoms with Crippen LogP contribution < -0.4 is 0 Å². The van der Waals surface area contributed by atoms with Crippen molar-refractivity contribution in [3.8, 4) is 0 Å². The zero-order valence-electron chi connectivity index (χ0n) is 14.9. The highest BCUT2D eigenvalue weighted by Crippen LogP contribution is 2.15. The van der Waals surface area contributed by atoms with E-state index < -0.39 is 0 Å². The van der Waals surface area contributed by atoms with Crippen molar-refractivity contribution < 1.29 is 19.0 Å². The molecule has 0 unspecified atom stereocenters. The predicted octanol–water partition coefficient (Wildman–Crippen LogP) is 4.52. The maximum atomic E-state index is 11.5. The van der Waals surface area contributed by atoms with Crippen molar-refractivity contribution in [1.29, 1.82) is 0 Å². The van der Waals surface area contributed by atoms with Crippen molar-refractivity contribution in [2.24, 2.45) is 10.2 Å². The van der Waals surface area contributed by atoms with Crippen molar-refractivity contribution in [3.05, 3.63) is 29.8 Å². The molecule has 0 radical (unpaired) electrons. The number of benzene rings is 1. The van der Waals surface area contributed by atoms with Gasteiger partial charge in [0.2, 0.25) is 0 Å². The molecular formula is C18H28N2O4. The largest absolute Gasteiger partial charge is 0.462 e. The fourth-order valence-electron chi connectivity index (χ4n) is 2.09. The van der Waals surface area contributed by atoms with Gasteiger partial charge in [-0.1, -0.05) is 0 Å². The van der Waals surface area contributed by atoms with Gasteiger partial charge in [0.1, 0.15) is 0 Å². The molecule has 0 atom stereocenters. The average molecular weight is 336 g/mol. The monoisotopic (exact) mass is 336 g/mol. The van der Waals surface area contributed by atoms with Gasteiger partial charge in [0, 0.05) is 13.2 Å². The van der Waals surface area contributed by atoms with Crippen molar-refractivity contribution in [2.75, 3.05) is 26.4 Å². The SMILES string of the molecule is CCOC(=O)c1ccc(N=NCCCCC(OCC)OCC)cc1. The first-order valence-corrected chi connectivity index (χ1v) is 8.59. The summed E-state index contributed by atoms with van der Waals surface area (Å²) in [6, 6.07) is 6.91. The lowest BCUT2D eigenvalue weighted by Gasteiger charge is -2.16. The number of carbonyl (C=O) groups excluding carboxylic acids is 1. The summed E-state index contributed by atoms with van der Waals surface area (Å²) < 4.78 is 15.9. The summed E-state index contributed by atoms with van der Waals surface area (Å²) in [5, 5.41) is 8.32. The van der Waals surface area contributed by atoms with Crippen LogP contribution in [0.1, 0.15) is 50.4 Å². The summed E-state index contributed by atoms with van der Waals surface area (Å²) in [5.41, 5.74) is 1.25. The Hall–Kier alpha value is -1.79. The van der Waals surface area contributed by atoms with Crippen LogP contribution in [-0.4, -0.2) is 38.6 Å². The van der Waals surface area contributed by atoms with E-state index in [1.165, 1.54) is 0 Å². The number of hydrogen-bond acceptors (Lipinski definition) is 6. The highest BCUT2D eigenvalue weighted by molar-refractivity contribution is 5.89. The number of azo groups is 1. The summed E-state index contributed by atoms with van der Waals surface area (Å²) in [7, 11) is 0. The molecule has 0 aromatic heterocycles. The summed E-state index contributed by atoms with van der Waals surface area (Å²) in [6.07, 6.45) is 2.66. The van der Waals surface area contributed by atoms with Gasteiger partial charge in [0.25, 0.3) is 0 Å². The topological polar surface area (TPSA) is 69.5 Å². The van der Waals surface area contributed by atoms with Crippen LogP contribution in [0.3, 0.4) is 0 Å². The molecule has 0 fully saturated rings. The van der Waals surface area contributed by atoms with Gasteiger partial charge in [-0.3, -0.25) is 0 Å². The first kappa shape index (κ1) is 20.3. The van der Waals surface area contributed by atoms with Gasteiger partial charge >= 0.3 is 5.97 Å². The molecule has 0 aliphatic heterocycles. The van der Waals surface area contributed by atoms with Gasteiger partial charge in [0.05, 0.1) is 24.4 Å². The maximum Gasteiger partial charge on any atom is 0.338 e. The number of unbranched alkanes of at least 4 members (excludes halogenated alkanes) is 1. The smallest absolute Gasteiger partial charge is 0.338 e. The molecule has 0 aliphatic rings. The number of carbonyl (C=O) groups is 1. The minimum Gasteiger partial charge on any atom is -0.462 e. The van der Waals surface area contributed by atoms with Crippen LogP contribution in [0.2, 0.25) is 0 Å². The van der Waals surface area contributed by atoms with Gasteiger partial charge in [-0.25, -0.2) is 4.79 Å². The second kappa shape index (κ2) is 12.6. The summed E-state index contributed by atoms with van der Waals surface area (Å²) >= 11 is 0. The molecule has 0 N–H and O–H groups in total. The molecule has 0 saturated carbocycles. The predicted molar refractivity (Wildman–Crippen MR) is 92.7 cm³/mol. The van der Waals surface area contributed by atoms with Gasteiger partial charge in [-0.15, -0.1) is 0 Å². The third kappa shape index (κ3) is 8.17. The number of esters is 1. The highest BCUT2D eigenvalue weighted by atomic mass is 16.7. The lowest BCUT2D eigenvalue weighted by molar-refractivity contribution is -0.140. The van der Waals surface area contributed by atoms with E-state index in [-0.39, 0.29) is 12.3 Å². The fraction of sp³-hybridized carbons (Fsp3) is 0.611. The molecule has 6 nitrogen and oxygen atoms in total. The van der Waals surface area contributed by atoms with Crippen LogP contribution in [0.25, 0.3) is 0 Å². The zero-order valence-corrected chi connectivity index (χ0v) is 14.9. The molecule has 1 rings (SSSR count). The van der Waals surface area contributed by atoms with E-state index in [1.807, 2.05) is 13.8 Å². The number of nitrogens with zero attached hydrogens (tertiary/aromatic N) is 2. The van der Waals surface area contributed by atoms with E-state index in [4.69, 9.17) is 14.2 Å². The number of hydrogen-bond donors (Lipinski definition) is 0. The molecule has 0 spiro atoms. The van der Waals surface area contributed by atoms with E-state index in [0.717, 1.165) is 24.9 Å². The Morgan fingerprint density at radius 3 is 2.25 bits per heavy atom. The van der Waals surface area contributed by atoms with Crippen LogP contribution in [-0.2, 0) is 14.2 Å². The quantitative estimate of drug-likeness (QED) is 0.244. The Kier molecular flexibility index (Phi) is 10.6. The Labute approximate surface area is 144 Å². The minimum atomic E-state index is -0.320. The van der Waals surface area contributed by atoms with Crippen LogP contribution in [0.5, 0.6) is 0 Å². The Morgan fingerprint density at radius 2 is 1.67 bits per heavy atom. The molecule has 0 saturated heterocycles. The van der Waals surface area contributed by atoms with Crippen LogP contribution >= 0.6 is 0 Å². The molecule has 0 aliphatic carbocycles. The molecule has 0 amide bonds. The minimum absolute atomic E-state index is 0.118. The highest BCUT2D eigenvalue weighted by Gasteiger charge is 2.07. The van der Waals surface area contributed by atoms with Crippen molar-refractivity contribution in [1.82, 2.24) is 0 Å². The van der Waals surface area contributed by atoms with E-state index in [1.54, 1.807) is 31.2 Å². The summed E-state index contributed by atoms with van der Waals surface area (Å²) in [5.74, 6) is -0.320. The molecule has 1 aromatic carbocycles. The summed E-state index contributed by atoms with van der Waals surface area (Å²) in [6.45, 7) is 8.06. The number of rotatable bonds is 12. The molecule has 1 aromatic rings. The van der Waals surface area contributed by atoms with E-state index >= 15 is 0 Å². The van der Waals surface area contributed by atoms with Crippen LogP contribution in [0.4, 0.5) is 5.69 Å². The first-order chi connectivity index (χ1) is 11.7. The van der Waals surface area contributed by atoms with Crippen molar-refractivity contribution in [2.45, 2.75) is 46.3 Å². The lowest BCUT2D eigenvalue weighted by atomic mass is 10.2. The zero-order chi connectivity index (χ0) is 17.6. The normalized spacial score (nSPS) is 11.3. The van der Waals surface area contributed by atoms with Gasteiger partial charge < -0.3 is 14.2 Å². The molecule has 0 bridgehead atoms. The molecular weight excluding hydrogens is 308 g/mol. The maximum absolute atomic E-state index is 11.5. The third-order valence-electron chi connectivity index (χ3n) is 3.22. The Bertz CT molecular complexity index is 482. The molecule has 134 valence electrons. The average Bonchev–Trinajstić information content (AvgIpc) is 2.59. The van der Waals surface area contributed by atoms with Crippen molar-refractivity contribution >= 4 is 11.7 Å². The number of ether oxygens (including phenoxy) is 3. The Morgan fingerprint density at radius 1 is 1.00 bits per heavy atom. The Balaban J connectivity index is 2.28. The third-order valence-corrected chi connectivity index (χ3v) is 3.22. The van der Waals surface area contributed by atoms with Gasteiger partial charge in [-0.05, 0) is 64.3 Å². The van der Waals surface area contributed by atoms with Gasteiger partial charge in [-0.2, -0.15) is 10.2 Å². The van der Waals surface area contributed by atoms with E-state index in [0.29, 0.717) is 31.9 Å². The van der Waals surface area contributed by atoms with Gasteiger partial charge in [0.15, 0.2) is 6.29 Å². The van der Waals surface area contributed by atoms with E-state index in [9.17, 15) is 4.79 Å². The lowest BCUT2D eigenvalue weighted by Crippen LogP contribution is -2.17. The first-order valence-electron chi connectivity index (χ1n) is 8.59. The van der Waals surface area contributed by atoms with Crippen LogP contribution in [0, 0.1) is 0 Å². The fourth-order valence-corrected chi connectivity index (χ4v) is 2.09. The van der Waals surface area contributed by atoms with Crippen molar-refractivity contribution in [3.63, 3.8) is 0 Å². The summed E-state index contributed by atoms with van der Waals surface area (Å²) in [4.78, 5) is 11.5. The molecule has 6 heteroatoms. The van der Waals surface area contributed by atoms with Crippen LogP contribution in [0.15, 0.2) is 34.5 Å². The molecule has 24 heavy (non-hydrogen) atoms. The second-order valence-corrected chi connectivity index (χ2v) is 5.07. The standard InChI is InChI=1S/C18H28N2O4/c1-4-22-17(23-5-2)9-7-8-14-19-20-16-12-10-15(11-13-16)18(21)24-6-3/h10-13,17H,4-9,14H2,1-3H3. The second-order valence-electron chi connectivity index (χ2n) is 5.07. The molecule has 0 heterocycles.